The molecular formula is C25H19NO8. The predicted molar refractivity (Wildman–Crippen MR) is 123 cm³/mol. The third kappa shape index (κ3) is 4.58. The highest BCUT2D eigenvalue weighted by atomic mass is 16.6. The van der Waals surface area contributed by atoms with Crippen molar-refractivity contribution < 1.29 is 28.3 Å². The number of benzene rings is 3. The molecule has 1 heterocycles. The summed E-state index contributed by atoms with van der Waals surface area (Å²) in [7, 11) is 0. The Morgan fingerprint density at radius 1 is 1.03 bits per heavy atom. The zero-order valence-corrected chi connectivity index (χ0v) is 18.3. The van der Waals surface area contributed by atoms with Gasteiger partial charge in [0.05, 0.1) is 22.5 Å². The van der Waals surface area contributed by atoms with Crippen LogP contribution in [0.2, 0.25) is 0 Å². The number of carbonyl (C=O) groups excluding carboxylic acids is 1. The van der Waals surface area contributed by atoms with Crippen molar-refractivity contribution in [2.45, 2.75) is 13.8 Å². The Balaban J connectivity index is 1.63. The van der Waals surface area contributed by atoms with E-state index in [2.05, 4.69) is 0 Å². The van der Waals surface area contributed by atoms with E-state index in [4.69, 9.17) is 18.6 Å². The maximum absolute atomic E-state index is 13.1. The number of para-hydroxylation sites is 2. The molecular weight excluding hydrogens is 442 g/mol. The summed E-state index contributed by atoms with van der Waals surface area (Å²) in [6, 6.07) is 16.5. The fourth-order valence-corrected chi connectivity index (χ4v) is 3.28. The third-order valence-corrected chi connectivity index (χ3v) is 4.85. The summed E-state index contributed by atoms with van der Waals surface area (Å²) in [5.74, 6) is 0.442. The summed E-state index contributed by atoms with van der Waals surface area (Å²) in [4.78, 5) is 35.8. The van der Waals surface area contributed by atoms with Crippen LogP contribution in [0.5, 0.6) is 23.0 Å². The van der Waals surface area contributed by atoms with Gasteiger partial charge in [0.15, 0.2) is 11.5 Å². The molecule has 0 spiro atoms. The number of fused-ring (bicyclic) bond motifs is 1. The fourth-order valence-electron chi connectivity index (χ4n) is 3.28. The fraction of sp³-hybridized carbons (Fsp3) is 0.120. The van der Waals surface area contributed by atoms with E-state index in [-0.39, 0.29) is 39.5 Å². The average molecular weight is 461 g/mol. The quantitative estimate of drug-likeness (QED) is 0.155. The van der Waals surface area contributed by atoms with Crippen LogP contribution in [0.3, 0.4) is 0 Å². The molecule has 0 saturated heterocycles. The van der Waals surface area contributed by atoms with Crippen molar-refractivity contribution in [1.82, 2.24) is 0 Å². The summed E-state index contributed by atoms with van der Waals surface area (Å²) < 4.78 is 22.5. The number of hydrogen-bond acceptors (Lipinski definition) is 8. The molecule has 0 amide bonds. The minimum Gasteiger partial charge on any atom is -0.490 e. The summed E-state index contributed by atoms with van der Waals surface area (Å²) in [5, 5.41) is 11.2. The van der Waals surface area contributed by atoms with Crippen LogP contribution in [0.4, 0.5) is 5.69 Å². The van der Waals surface area contributed by atoms with Crippen LogP contribution >= 0.6 is 0 Å². The van der Waals surface area contributed by atoms with Crippen LogP contribution in [0.15, 0.2) is 75.9 Å². The molecule has 0 aliphatic carbocycles. The molecule has 0 saturated carbocycles. The summed E-state index contributed by atoms with van der Waals surface area (Å²) >= 11 is 0. The molecule has 0 radical (unpaired) electrons. The lowest BCUT2D eigenvalue weighted by Gasteiger charge is -2.13. The highest BCUT2D eigenvalue weighted by Crippen LogP contribution is 2.33. The van der Waals surface area contributed by atoms with Gasteiger partial charge in [-0.3, -0.25) is 14.9 Å². The third-order valence-electron chi connectivity index (χ3n) is 4.85. The van der Waals surface area contributed by atoms with Crippen molar-refractivity contribution >= 4 is 22.6 Å². The summed E-state index contributed by atoms with van der Waals surface area (Å²) in [6.07, 6.45) is 0. The first-order chi connectivity index (χ1) is 16.4. The Morgan fingerprint density at radius 2 is 1.79 bits per heavy atom. The topological polar surface area (TPSA) is 118 Å². The van der Waals surface area contributed by atoms with Gasteiger partial charge >= 0.3 is 5.97 Å². The number of ether oxygens (including phenoxy) is 3. The van der Waals surface area contributed by atoms with E-state index in [0.717, 1.165) is 6.07 Å². The van der Waals surface area contributed by atoms with Gasteiger partial charge in [-0.05, 0) is 44.2 Å². The van der Waals surface area contributed by atoms with E-state index < -0.39 is 16.3 Å². The molecule has 9 nitrogen and oxygen atoms in total. The van der Waals surface area contributed by atoms with E-state index >= 15 is 0 Å². The number of esters is 1. The minimum atomic E-state index is -0.783. The monoisotopic (exact) mass is 461 g/mol. The Bertz CT molecular complexity index is 1460. The van der Waals surface area contributed by atoms with Gasteiger partial charge in [-0.15, -0.1) is 0 Å². The van der Waals surface area contributed by atoms with Gasteiger partial charge in [0.25, 0.3) is 5.69 Å². The van der Waals surface area contributed by atoms with E-state index in [1.165, 1.54) is 36.4 Å². The molecule has 0 aliphatic heterocycles. The van der Waals surface area contributed by atoms with Crippen LogP contribution in [0, 0.1) is 17.0 Å². The molecule has 0 atom stereocenters. The van der Waals surface area contributed by atoms with Crippen molar-refractivity contribution in [3.8, 4) is 23.0 Å². The lowest BCUT2D eigenvalue weighted by Crippen LogP contribution is -2.10. The zero-order valence-electron chi connectivity index (χ0n) is 18.3. The van der Waals surface area contributed by atoms with Gasteiger partial charge in [0, 0.05) is 18.2 Å². The molecule has 0 unspecified atom stereocenters. The summed E-state index contributed by atoms with van der Waals surface area (Å²) in [6.45, 7) is 3.86. The highest BCUT2D eigenvalue weighted by Gasteiger charge is 2.18. The number of non-ortho nitro benzene ring substituents is 1. The second kappa shape index (κ2) is 9.45. The number of carbonyl (C=O) groups is 1. The molecule has 0 N–H and O–H groups in total. The minimum absolute atomic E-state index is 0.0148. The van der Waals surface area contributed by atoms with Crippen molar-refractivity contribution in [2.75, 3.05) is 6.61 Å². The Kier molecular flexibility index (Phi) is 6.26. The normalized spacial score (nSPS) is 10.6. The second-order valence-electron chi connectivity index (χ2n) is 7.15. The van der Waals surface area contributed by atoms with Crippen LogP contribution in [-0.2, 0) is 0 Å². The number of hydrogen-bond donors (Lipinski definition) is 0. The molecule has 172 valence electrons. The molecule has 4 aromatic rings. The van der Waals surface area contributed by atoms with Crippen molar-refractivity contribution in [1.29, 1.82) is 0 Å². The van der Waals surface area contributed by atoms with E-state index in [0.29, 0.717) is 18.1 Å². The van der Waals surface area contributed by atoms with Crippen molar-refractivity contribution in [3.05, 3.63) is 98.4 Å². The standard InChI is InChI=1S/C25H19NO8/c1-3-31-20-9-4-5-10-21(20)34-24-15(2)32-22-14-18(11-12-19(22)23(24)27)33-25(28)16-7-6-8-17(13-16)26(29)30/h4-14H,3H2,1-2H3. The van der Waals surface area contributed by atoms with Gasteiger partial charge in [-0.25, -0.2) is 4.79 Å². The van der Waals surface area contributed by atoms with E-state index in [1.54, 1.807) is 31.2 Å². The molecule has 0 fully saturated rings. The van der Waals surface area contributed by atoms with Gasteiger partial charge in [-0.2, -0.15) is 0 Å². The van der Waals surface area contributed by atoms with Gasteiger partial charge in [-0.1, -0.05) is 18.2 Å². The average Bonchev–Trinajstić information content (AvgIpc) is 2.83. The van der Waals surface area contributed by atoms with Crippen LogP contribution in [0.25, 0.3) is 11.0 Å². The molecule has 0 bridgehead atoms. The van der Waals surface area contributed by atoms with Gasteiger partial charge < -0.3 is 18.6 Å². The SMILES string of the molecule is CCOc1ccccc1Oc1c(C)oc2cc(OC(=O)c3cccc([N+](=O)[O-])c3)ccc2c1=O. The zero-order chi connectivity index (χ0) is 24.2. The number of nitrogens with zero attached hydrogens (tertiary/aromatic N) is 1. The first kappa shape index (κ1) is 22.5. The Labute approximate surface area is 193 Å². The Hall–Kier alpha value is -4.66. The second-order valence-corrected chi connectivity index (χ2v) is 7.15. The van der Waals surface area contributed by atoms with Crippen molar-refractivity contribution in [2.24, 2.45) is 0 Å². The number of rotatable bonds is 7. The highest BCUT2D eigenvalue weighted by molar-refractivity contribution is 5.92. The molecule has 0 aliphatic rings. The maximum Gasteiger partial charge on any atom is 0.343 e. The lowest BCUT2D eigenvalue weighted by molar-refractivity contribution is -0.384. The van der Waals surface area contributed by atoms with Crippen molar-refractivity contribution in [3.63, 3.8) is 0 Å². The summed E-state index contributed by atoms with van der Waals surface area (Å²) in [5.41, 5.74) is -0.421. The molecule has 9 heteroatoms. The molecule has 34 heavy (non-hydrogen) atoms. The first-order valence-corrected chi connectivity index (χ1v) is 10.3. The predicted octanol–water partition coefficient (Wildman–Crippen LogP) is 5.42. The molecule has 4 rings (SSSR count). The number of nitro groups is 1. The molecule has 1 aromatic heterocycles. The van der Waals surface area contributed by atoms with E-state index in [9.17, 15) is 19.7 Å². The largest absolute Gasteiger partial charge is 0.490 e. The van der Waals surface area contributed by atoms with Gasteiger partial charge in [0.1, 0.15) is 17.1 Å². The Morgan fingerprint density at radius 3 is 2.53 bits per heavy atom. The number of aryl methyl sites for hydroxylation is 1. The van der Waals surface area contributed by atoms with Gasteiger partial charge in [0.2, 0.25) is 11.2 Å². The smallest absolute Gasteiger partial charge is 0.343 e. The molecule has 3 aromatic carbocycles. The first-order valence-electron chi connectivity index (χ1n) is 10.3. The van der Waals surface area contributed by atoms with Crippen LogP contribution < -0.4 is 19.6 Å². The lowest BCUT2D eigenvalue weighted by atomic mass is 10.2. The number of nitro benzene ring substituents is 1. The van der Waals surface area contributed by atoms with E-state index in [1.807, 2.05) is 6.92 Å². The maximum atomic E-state index is 13.1. The van der Waals surface area contributed by atoms with Crippen LogP contribution in [-0.4, -0.2) is 17.5 Å². The van der Waals surface area contributed by atoms with Crippen LogP contribution in [0.1, 0.15) is 23.0 Å².